The van der Waals surface area contributed by atoms with Crippen LogP contribution in [0.1, 0.15) is 5.56 Å². The molecule has 1 rings (SSSR count). The summed E-state index contributed by atoms with van der Waals surface area (Å²) in [6.07, 6.45) is 3.25. The molecule has 0 radical (unpaired) electrons. The van der Waals surface area contributed by atoms with E-state index in [-0.39, 0.29) is 0 Å². The van der Waals surface area contributed by atoms with E-state index in [1.807, 2.05) is 24.3 Å². The first-order valence-electron chi connectivity index (χ1n) is 3.56. The summed E-state index contributed by atoms with van der Waals surface area (Å²) >= 11 is 9.07. The molecule has 1 atom stereocenters. The molecule has 0 aliphatic rings. The number of halogens is 2. The van der Waals surface area contributed by atoms with Crippen molar-refractivity contribution in [1.82, 2.24) is 0 Å². The lowest BCUT2D eigenvalue weighted by molar-refractivity contribution is 0.691. The van der Waals surface area contributed by atoms with E-state index in [1.54, 1.807) is 12.3 Å². The third kappa shape index (κ3) is 3.63. The van der Waals surface area contributed by atoms with Gasteiger partial charge in [-0.15, -0.1) is 0 Å². The van der Waals surface area contributed by atoms with E-state index in [2.05, 4.69) is 15.9 Å². The zero-order chi connectivity index (χ0) is 9.84. The highest BCUT2D eigenvalue weighted by molar-refractivity contribution is 9.10. The lowest BCUT2D eigenvalue weighted by Crippen LogP contribution is -1.83. The van der Waals surface area contributed by atoms with Crippen LogP contribution in [-0.2, 0) is 10.8 Å². The maximum Gasteiger partial charge on any atom is 0.105 e. The van der Waals surface area contributed by atoms with Crippen LogP contribution >= 0.6 is 27.5 Å². The summed E-state index contributed by atoms with van der Waals surface area (Å²) in [4.78, 5) is 0. The minimum absolute atomic E-state index is 0.363. The van der Waals surface area contributed by atoms with Crippen molar-refractivity contribution in [2.45, 2.75) is 0 Å². The Morgan fingerprint density at radius 1 is 1.46 bits per heavy atom. The van der Waals surface area contributed by atoms with Crippen molar-refractivity contribution in [2.75, 3.05) is 6.26 Å². The summed E-state index contributed by atoms with van der Waals surface area (Å²) in [5.41, 5.74) is 0.948. The van der Waals surface area contributed by atoms with Crippen LogP contribution in [0.4, 0.5) is 0 Å². The van der Waals surface area contributed by atoms with Crippen LogP contribution in [0.2, 0.25) is 0 Å². The Bertz CT molecular complexity index is 345. The molecule has 0 saturated carbocycles. The average molecular weight is 280 g/mol. The number of benzene rings is 1. The van der Waals surface area contributed by atoms with Gasteiger partial charge in [-0.25, -0.2) is 0 Å². The average Bonchev–Trinajstić information content (AvgIpc) is 2.08. The van der Waals surface area contributed by atoms with Gasteiger partial charge in [0.15, 0.2) is 0 Å². The molecule has 0 heterocycles. The van der Waals surface area contributed by atoms with Gasteiger partial charge in [-0.1, -0.05) is 39.7 Å². The monoisotopic (exact) mass is 278 g/mol. The third-order valence-corrected chi connectivity index (χ3v) is 3.38. The second-order valence-corrected chi connectivity index (χ2v) is 5.35. The summed E-state index contributed by atoms with van der Waals surface area (Å²) in [5.74, 6) is 0. The van der Waals surface area contributed by atoms with Gasteiger partial charge in [0.05, 0.1) is 10.8 Å². The molecule has 0 aliphatic heterocycles. The van der Waals surface area contributed by atoms with Crippen LogP contribution in [0.3, 0.4) is 0 Å². The Morgan fingerprint density at radius 3 is 2.46 bits per heavy atom. The van der Waals surface area contributed by atoms with Gasteiger partial charge in [0.1, 0.15) is 4.36 Å². The maximum absolute atomic E-state index is 10.9. The first kappa shape index (κ1) is 11.0. The van der Waals surface area contributed by atoms with Crippen molar-refractivity contribution < 1.29 is 4.21 Å². The second kappa shape index (κ2) is 4.94. The lowest BCUT2D eigenvalue weighted by Gasteiger charge is -1.95. The van der Waals surface area contributed by atoms with E-state index >= 15 is 0 Å². The standard InChI is InChI=1S/C9H8BrClOS/c1-13(12)9(11)6-7-2-4-8(10)5-3-7/h2-6H,1H3/b9-6-. The minimum Gasteiger partial charge on any atom is -0.254 e. The lowest BCUT2D eigenvalue weighted by atomic mass is 10.2. The molecule has 0 aromatic heterocycles. The first-order chi connectivity index (χ1) is 6.09. The Kier molecular flexibility index (Phi) is 4.16. The summed E-state index contributed by atoms with van der Waals surface area (Å²) in [7, 11) is -1.10. The second-order valence-electron chi connectivity index (χ2n) is 2.45. The van der Waals surface area contributed by atoms with E-state index in [4.69, 9.17) is 11.6 Å². The highest BCUT2D eigenvalue weighted by Crippen LogP contribution is 2.15. The smallest absolute Gasteiger partial charge is 0.105 e. The molecule has 13 heavy (non-hydrogen) atoms. The predicted octanol–water partition coefficient (Wildman–Crippen LogP) is 3.36. The fourth-order valence-corrected chi connectivity index (χ4v) is 1.47. The van der Waals surface area contributed by atoms with Crippen LogP contribution < -0.4 is 0 Å². The molecule has 4 heteroatoms. The SMILES string of the molecule is CS(=O)/C(Cl)=C\c1ccc(Br)cc1. The molecular formula is C9H8BrClOS. The van der Waals surface area contributed by atoms with Gasteiger partial charge in [-0.05, 0) is 23.8 Å². The van der Waals surface area contributed by atoms with Crippen molar-refractivity contribution in [1.29, 1.82) is 0 Å². The van der Waals surface area contributed by atoms with Gasteiger partial charge in [-0.2, -0.15) is 0 Å². The molecule has 1 nitrogen and oxygen atoms in total. The maximum atomic E-state index is 10.9. The van der Waals surface area contributed by atoms with E-state index < -0.39 is 10.8 Å². The van der Waals surface area contributed by atoms with Crippen molar-refractivity contribution in [3.05, 3.63) is 38.7 Å². The van der Waals surface area contributed by atoms with E-state index in [9.17, 15) is 4.21 Å². The Morgan fingerprint density at radius 2 is 2.00 bits per heavy atom. The van der Waals surface area contributed by atoms with Gasteiger partial charge < -0.3 is 0 Å². The number of hydrogen-bond acceptors (Lipinski definition) is 1. The molecule has 0 bridgehead atoms. The molecule has 1 aromatic rings. The zero-order valence-corrected chi connectivity index (χ0v) is 10.1. The molecule has 1 aromatic carbocycles. The minimum atomic E-state index is -1.10. The molecular weight excluding hydrogens is 272 g/mol. The van der Waals surface area contributed by atoms with Gasteiger partial charge >= 0.3 is 0 Å². The molecule has 0 aliphatic carbocycles. The fraction of sp³-hybridized carbons (Fsp3) is 0.111. The summed E-state index contributed by atoms with van der Waals surface area (Å²) in [6, 6.07) is 7.63. The van der Waals surface area contributed by atoms with Crippen molar-refractivity contribution in [3.63, 3.8) is 0 Å². The predicted molar refractivity (Wildman–Crippen MR) is 62.0 cm³/mol. The summed E-state index contributed by atoms with van der Waals surface area (Å²) in [6.45, 7) is 0. The Balaban J connectivity index is 2.92. The van der Waals surface area contributed by atoms with Crippen molar-refractivity contribution in [3.8, 4) is 0 Å². The van der Waals surface area contributed by atoms with Crippen molar-refractivity contribution >= 4 is 44.4 Å². The third-order valence-electron chi connectivity index (χ3n) is 1.42. The number of rotatable bonds is 2. The Labute approximate surface area is 93.4 Å². The van der Waals surface area contributed by atoms with Crippen LogP contribution in [0, 0.1) is 0 Å². The highest BCUT2D eigenvalue weighted by Gasteiger charge is 1.97. The summed E-state index contributed by atoms with van der Waals surface area (Å²) in [5, 5.41) is 0. The topological polar surface area (TPSA) is 17.1 Å². The molecule has 1 unspecified atom stereocenters. The van der Waals surface area contributed by atoms with Crippen molar-refractivity contribution in [2.24, 2.45) is 0 Å². The van der Waals surface area contributed by atoms with Crippen LogP contribution in [0.5, 0.6) is 0 Å². The molecule has 70 valence electrons. The van der Waals surface area contributed by atoms with E-state index in [0.717, 1.165) is 10.0 Å². The van der Waals surface area contributed by atoms with Gasteiger partial charge in [-0.3, -0.25) is 4.21 Å². The van der Waals surface area contributed by atoms with Gasteiger partial charge in [0.25, 0.3) is 0 Å². The van der Waals surface area contributed by atoms with Crippen LogP contribution in [-0.4, -0.2) is 10.5 Å². The zero-order valence-electron chi connectivity index (χ0n) is 6.96. The fourth-order valence-electron chi connectivity index (χ4n) is 0.773. The molecule has 0 amide bonds. The van der Waals surface area contributed by atoms with Gasteiger partial charge in [0, 0.05) is 10.7 Å². The largest absolute Gasteiger partial charge is 0.254 e. The molecule has 0 N–H and O–H groups in total. The van der Waals surface area contributed by atoms with Crippen LogP contribution in [0.25, 0.3) is 6.08 Å². The van der Waals surface area contributed by atoms with E-state index in [1.165, 1.54) is 0 Å². The van der Waals surface area contributed by atoms with Gasteiger partial charge in [0.2, 0.25) is 0 Å². The molecule has 0 fully saturated rings. The molecule has 0 spiro atoms. The number of hydrogen-bond donors (Lipinski definition) is 0. The van der Waals surface area contributed by atoms with Crippen LogP contribution in [0.15, 0.2) is 33.1 Å². The first-order valence-corrected chi connectivity index (χ1v) is 6.28. The Hall–Kier alpha value is -0.120. The summed E-state index contributed by atoms with van der Waals surface area (Å²) < 4.78 is 12.3. The molecule has 0 saturated heterocycles. The van der Waals surface area contributed by atoms with E-state index in [0.29, 0.717) is 4.36 Å². The highest BCUT2D eigenvalue weighted by atomic mass is 79.9. The normalized spacial score (nSPS) is 14.2. The quantitative estimate of drug-likeness (QED) is 0.811.